The minimum Gasteiger partial charge on any atom is -0.352 e. The molecule has 1 aromatic carbocycles. The molecule has 0 fully saturated rings. The van der Waals surface area contributed by atoms with Gasteiger partial charge in [0.25, 0.3) is 5.91 Å². The van der Waals surface area contributed by atoms with Crippen LogP contribution in [0.5, 0.6) is 0 Å². The van der Waals surface area contributed by atoms with Gasteiger partial charge in [-0.05, 0) is 47.7 Å². The smallest absolute Gasteiger partial charge is 0.251 e. The minimum atomic E-state index is -3.69. The molecule has 140 valence electrons. The second-order valence-electron chi connectivity index (χ2n) is 5.80. The van der Waals surface area contributed by atoms with Crippen LogP contribution in [0.2, 0.25) is 0 Å². The van der Waals surface area contributed by atoms with Gasteiger partial charge in [-0.2, -0.15) is 0 Å². The first kappa shape index (κ1) is 19.2. The first-order valence-corrected chi connectivity index (χ1v) is 10.7. The number of benzene rings is 1. The number of sulfonamides is 1. The van der Waals surface area contributed by atoms with Crippen molar-refractivity contribution in [2.45, 2.75) is 17.9 Å². The Balaban J connectivity index is 1.61. The van der Waals surface area contributed by atoms with Crippen molar-refractivity contribution in [2.24, 2.45) is 0 Å². The Kier molecular flexibility index (Phi) is 6.33. The fourth-order valence-electron chi connectivity index (χ4n) is 2.44. The van der Waals surface area contributed by atoms with Gasteiger partial charge in [-0.25, -0.2) is 13.1 Å². The number of carbonyl (C=O) groups excluding carboxylic acids is 1. The summed E-state index contributed by atoms with van der Waals surface area (Å²) in [6.45, 7) is 0.666. The summed E-state index contributed by atoms with van der Waals surface area (Å²) < 4.78 is 27.5. The number of nitrogens with one attached hydrogen (secondary N) is 2. The van der Waals surface area contributed by atoms with Gasteiger partial charge in [0.15, 0.2) is 0 Å². The van der Waals surface area contributed by atoms with E-state index in [1.165, 1.54) is 23.5 Å². The van der Waals surface area contributed by atoms with Gasteiger partial charge in [-0.3, -0.25) is 9.78 Å². The molecule has 0 aliphatic heterocycles. The van der Waals surface area contributed by atoms with Crippen molar-refractivity contribution in [3.05, 3.63) is 82.3 Å². The van der Waals surface area contributed by atoms with Gasteiger partial charge in [0.2, 0.25) is 10.0 Å². The molecule has 2 aromatic heterocycles. The van der Waals surface area contributed by atoms with Gasteiger partial charge in [0, 0.05) is 35.9 Å². The molecule has 0 aliphatic rings. The fourth-order valence-corrected chi connectivity index (χ4v) is 4.22. The SMILES string of the molecule is O=C(NCCc1cccnc1)c1cccc(S(=O)(=O)NCc2cccs2)c1. The van der Waals surface area contributed by atoms with E-state index in [0.717, 1.165) is 10.4 Å². The average molecular weight is 402 g/mol. The van der Waals surface area contributed by atoms with Crippen LogP contribution in [-0.2, 0) is 23.0 Å². The number of rotatable bonds is 8. The molecule has 0 radical (unpaired) electrons. The molecule has 3 rings (SSSR count). The van der Waals surface area contributed by atoms with Gasteiger partial charge >= 0.3 is 0 Å². The van der Waals surface area contributed by atoms with E-state index < -0.39 is 10.0 Å². The summed E-state index contributed by atoms with van der Waals surface area (Å²) in [7, 11) is -3.69. The third-order valence-corrected chi connectivity index (χ3v) is 6.12. The van der Waals surface area contributed by atoms with Gasteiger partial charge in [-0.15, -0.1) is 11.3 Å². The Labute approximate surface area is 162 Å². The molecule has 0 saturated heterocycles. The van der Waals surface area contributed by atoms with Crippen molar-refractivity contribution in [1.82, 2.24) is 15.0 Å². The first-order chi connectivity index (χ1) is 13.0. The topological polar surface area (TPSA) is 88.2 Å². The van der Waals surface area contributed by atoms with Gasteiger partial charge in [0.1, 0.15) is 0 Å². The second-order valence-corrected chi connectivity index (χ2v) is 8.60. The molecule has 2 heterocycles. The molecule has 6 nitrogen and oxygen atoms in total. The summed E-state index contributed by atoms with van der Waals surface area (Å²) in [6, 6.07) is 13.5. The third kappa shape index (κ3) is 5.46. The highest BCUT2D eigenvalue weighted by molar-refractivity contribution is 7.89. The third-order valence-electron chi connectivity index (χ3n) is 3.85. The number of amides is 1. The summed E-state index contributed by atoms with van der Waals surface area (Å²) >= 11 is 1.48. The largest absolute Gasteiger partial charge is 0.352 e. The van der Waals surface area contributed by atoms with E-state index in [1.807, 2.05) is 29.6 Å². The number of carbonyl (C=O) groups is 1. The number of pyridine rings is 1. The molecule has 0 bridgehead atoms. The Morgan fingerprint density at radius 2 is 2.00 bits per heavy atom. The average Bonchev–Trinajstić information content (AvgIpc) is 3.21. The number of thiophene rings is 1. The van der Waals surface area contributed by atoms with Crippen LogP contribution >= 0.6 is 11.3 Å². The van der Waals surface area contributed by atoms with Crippen LogP contribution in [0.15, 0.2) is 71.2 Å². The van der Waals surface area contributed by atoms with Crippen LogP contribution in [0.25, 0.3) is 0 Å². The zero-order valence-electron chi connectivity index (χ0n) is 14.5. The van der Waals surface area contributed by atoms with Crippen LogP contribution < -0.4 is 10.0 Å². The van der Waals surface area contributed by atoms with E-state index in [-0.39, 0.29) is 17.3 Å². The fraction of sp³-hybridized carbons (Fsp3) is 0.158. The molecule has 27 heavy (non-hydrogen) atoms. The summed E-state index contributed by atoms with van der Waals surface area (Å²) in [4.78, 5) is 17.3. The zero-order chi connectivity index (χ0) is 19.1. The Morgan fingerprint density at radius 3 is 2.74 bits per heavy atom. The maximum absolute atomic E-state index is 12.5. The number of hydrogen-bond donors (Lipinski definition) is 2. The summed E-state index contributed by atoms with van der Waals surface area (Å²) in [5, 5.41) is 4.69. The normalized spacial score (nSPS) is 11.3. The first-order valence-electron chi connectivity index (χ1n) is 8.34. The molecule has 0 saturated carbocycles. The van der Waals surface area contributed by atoms with Crippen LogP contribution in [0.4, 0.5) is 0 Å². The molecular formula is C19H19N3O3S2. The van der Waals surface area contributed by atoms with Crippen molar-refractivity contribution in [1.29, 1.82) is 0 Å². The van der Waals surface area contributed by atoms with E-state index in [1.54, 1.807) is 24.5 Å². The second kappa shape index (κ2) is 8.90. The Bertz CT molecular complexity index is 988. The molecule has 2 N–H and O–H groups in total. The summed E-state index contributed by atoms with van der Waals surface area (Å²) in [5.74, 6) is -0.311. The van der Waals surface area contributed by atoms with Gasteiger partial charge in [0.05, 0.1) is 4.90 Å². The lowest BCUT2D eigenvalue weighted by Crippen LogP contribution is -2.27. The van der Waals surface area contributed by atoms with Crippen LogP contribution in [-0.4, -0.2) is 25.9 Å². The molecule has 1 amide bonds. The van der Waals surface area contributed by atoms with Crippen LogP contribution in [0.3, 0.4) is 0 Å². The standard InChI is InChI=1S/C19H19N3O3S2/c23-19(21-10-8-15-4-2-9-20-13-15)16-5-1-7-18(12-16)27(24,25)22-14-17-6-3-11-26-17/h1-7,9,11-13,22H,8,10,14H2,(H,21,23). The van der Waals surface area contributed by atoms with E-state index in [9.17, 15) is 13.2 Å². The van der Waals surface area contributed by atoms with Crippen LogP contribution in [0.1, 0.15) is 20.8 Å². The lowest BCUT2D eigenvalue weighted by molar-refractivity contribution is 0.0954. The van der Waals surface area contributed by atoms with Crippen LogP contribution in [0, 0.1) is 0 Å². The zero-order valence-corrected chi connectivity index (χ0v) is 16.1. The van der Waals surface area contributed by atoms with E-state index >= 15 is 0 Å². The van der Waals surface area contributed by atoms with Gasteiger partial charge < -0.3 is 5.32 Å². The van der Waals surface area contributed by atoms with Crippen molar-refractivity contribution < 1.29 is 13.2 Å². The number of hydrogen-bond acceptors (Lipinski definition) is 5. The van der Waals surface area contributed by atoms with Crippen molar-refractivity contribution in [2.75, 3.05) is 6.54 Å². The molecule has 0 aliphatic carbocycles. The lowest BCUT2D eigenvalue weighted by Gasteiger charge is -2.09. The molecule has 0 atom stereocenters. The van der Waals surface area contributed by atoms with Crippen molar-refractivity contribution in [3.8, 4) is 0 Å². The number of aromatic nitrogens is 1. The highest BCUT2D eigenvalue weighted by Gasteiger charge is 2.16. The summed E-state index contributed by atoms with van der Waals surface area (Å²) in [6.07, 6.45) is 4.10. The number of nitrogens with zero attached hydrogens (tertiary/aromatic N) is 1. The molecular weight excluding hydrogens is 382 g/mol. The Hall–Kier alpha value is -2.55. The molecule has 8 heteroatoms. The lowest BCUT2D eigenvalue weighted by atomic mass is 10.2. The molecule has 0 spiro atoms. The van der Waals surface area contributed by atoms with Crippen molar-refractivity contribution >= 4 is 27.3 Å². The molecule has 3 aromatic rings. The predicted molar refractivity (Wildman–Crippen MR) is 105 cm³/mol. The van der Waals surface area contributed by atoms with E-state index in [0.29, 0.717) is 18.5 Å². The highest BCUT2D eigenvalue weighted by atomic mass is 32.2. The molecule has 0 unspecified atom stereocenters. The predicted octanol–water partition coefficient (Wildman–Crippen LogP) is 2.59. The van der Waals surface area contributed by atoms with Gasteiger partial charge in [-0.1, -0.05) is 18.2 Å². The monoisotopic (exact) mass is 401 g/mol. The maximum atomic E-state index is 12.5. The van der Waals surface area contributed by atoms with E-state index in [4.69, 9.17) is 0 Å². The minimum absolute atomic E-state index is 0.0685. The van der Waals surface area contributed by atoms with Crippen molar-refractivity contribution in [3.63, 3.8) is 0 Å². The maximum Gasteiger partial charge on any atom is 0.251 e. The Morgan fingerprint density at radius 1 is 1.11 bits per heavy atom. The summed E-state index contributed by atoms with van der Waals surface area (Å²) in [5.41, 5.74) is 1.33. The highest BCUT2D eigenvalue weighted by Crippen LogP contribution is 2.14. The van der Waals surface area contributed by atoms with E-state index in [2.05, 4.69) is 15.0 Å². The quantitative estimate of drug-likeness (QED) is 0.607.